The lowest BCUT2D eigenvalue weighted by atomic mass is 10.3. The zero-order chi connectivity index (χ0) is 15.6. The smallest absolute Gasteiger partial charge is 0.328 e. The first-order chi connectivity index (χ1) is 9.78. The van der Waals surface area contributed by atoms with Gasteiger partial charge in [0.1, 0.15) is 0 Å². The van der Waals surface area contributed by atoms with Crippen LogP contribution in [0.4, 0.5) is 0 Å². The monoisotopic (exact) mass is 329 g/mol. The predicted molar refractivity (Wildman–Crippen MR) is 80.1 cm³/mol. The largest absolute Gasteiger partial charge is 0.478 e. The first-order valence-electron chi connectivity index (χ1n) is 6.31. The molecule has 114 valence electrons. The highest BCUT2D eigenvalue weighted by molar-refractivity contribution is 7.91. The third-order valence-electron chi connectivity index (χ3n) is 3.16. The lowest BCUT2D eigenvalue weighted by Gasteiger charge is -2.32. The van der Waals surface area contributed by atoms with E-state index in [0.29, 0.717) is 9.75 Å². The maximum absolute atomic E-state index is 12.4. The molecule has 1 aromatic heterocycles. The Balaban J connectivity index is 2.12. The highest BCUT2D eigenvalue weighted by Gasteiger charge is 2.32. The molecule has 2 rings (SSSR count). The molecule has 0 bridgehead atoms. The van der Waals surface area contributed by atoms with Crippen LogP contribution in [-0.2, 0) is 14.6 Å². The molecular weight excluding hydrogens is 314 g/mol. The number of nitrogens with zero attached hydrogens (tertiary/aromatic N) is 1. The molecule has 0 aromatic carbocycles. The fourth-order valence-corrected chi connectivity index (χ4v) is 4.58. The number of aliphatic carboxylic acids is 1. The van der Waals surface area contributed by atoms with Gasteiger partial charge in [-0.15, -0.1) is 11.3 Å². The van der Waals surface area contributed by atoms with Crippen molar-refractivity contribution in [2.24, 2.45) is 0 Å². The van der Waals surface area contributed by atoms with Gasteiger partial charge in [0, 0.05) is 23.5 Å². The van der Waals surface area contributed by atoms with Gasteiger partial charge in [0.05, 0.1) is 16.4 Å². The first kappa shape index (κ1) is 15.7. The Labute approximate surface area is 126 Å². The minimum Gasteiger partial charge on any atom is -0.478 e. The molecule has 6 nitrogen and oxygen atoms in total. The van der Waals surface area contributed by atoms with Crippen molar-refractivity contribution in [3.05, 3.63) is 28.0 Å². The van der Waals surface area contributed by atoms with E-state index in [1.165, 1.54) is 17.4 Å². The third kappa shape index (κ3) is 3.92. The van der Waals surface area contributed by atoms with Gasteiger partial charge >= 0.3 is 5.97 Å². The lowest BCUT2D eigenvalue weighted by molar-refractivity contribution is -0.131. The Morgan fingerprint density at radius 1 is 1.43 bits per heavy atom. The van der Waals surface area contributed by atoms with Crippen molar-refractivity contribution < 1.29 is 23.1 Å². The second-order valence-electron chi connectivity index (χ2n) is 4.84. The Hall–Kier alpha value is -1.67. The molecule has 1 aliphatic rings. The second kappa shape index (κ2) is 5.98. The van der Waals surface area contributed by atoms with E-state index in [1.54, 1.807) is 24.0 Å². The van der Waals surface area contributed by atoms with Crippen LogP contribution in [0.2, 0.25) is 0 Å². The van der Waals surface area contributed by atoms with Gasteiger partial charge in [-0.05, 0) is 25.1 Å². The van der Waals surface area contributed by atoms with Gasteiger partial charge in [0.2, 0.25) is 0 Å². The molecule has 1 aliphatic heterocycles. The van der Waals surface area contributed by atoms with Gasteiger partial charge in [-0.25, -0.2) is 13.2 Å². The van der Waals surface area contributed by atoms with Crippen LogP contribution in [-0.4, -0.2) is 54.4 Å². The number of carbonyl (C=O) groups is 2. The number of hydrogen-bond acceptors (Lipinski definition) is 5. The summed E-state index contributed by atoms with van der Waals surface area (Å²) in [5.41, 5.74) is 0. The molecule has 2 heterocycles. The van der Waals surface area contributed by atoms with Crippen LogP contribution >= 0.6 is 11.3 Å². The summed E-state index contributed by atoms with van der Waals surface area (Å²) >= 11 is 1.19. The summed E-state index contributed by atoms with van der Waals surface area (Å²) in [7, 11) is -3.06. The topological polar surface area (TPSA) is 91.8 Å². The van der Waals surface area contributed by atoms with Gasteiger partial charge in [0.15, 0.2) is 9.84 Å². The molecule has 1 N–H and O–H groups in total. The summed E-state index contributed by atoms with van der Waals surface area (Å²) in [6, 6.07) is 2.95. The minimum atomic E-state index is -3.06. The molecule has 21 heavy (non-hydrogen) atoms. The van der Waals surface area contributed by atoms with E-state index < -0.39 is 15.8 Å². The Kier molecular flexibility index (Phi) is 4.48. The van der Waals surface area contributed by atoms with Crippen LogP contribution in [0.15, 0.2) is 18.2 Å². The fraction of sp³-hybridized carbons (Fsp3) is 0.385. The van der Waals surface area contributed by atoms with Crippen molar-refractivity contribution in [1.29, 1.82) is 0 Å². The Morgan fingerprint density at radius 2 is 2.14 bits per heavy atom. The van der Waals surface area contributed by atoms with Crippen molar-refractivity contribution in [2.45, 2.75) is 13.0 Å². The average Bonchev–Trinajstić information content (AvgIpc) is 2.83. The molecule has 1 fully saturated rings. The average molecular weight is 329 g/mol. The molecule has 0 spiro atoms. The van der Waals surface area contributed by atoms with Gasteiger partial charge in [-0.1, -0.05) is 0 Å². The van der Waals surface area contributed by atoms with Crippen LogP contribution < -0.4 is 0 Å². The summed E-state index contributed by atoms with van der Waals surface area (Å²) in [5, 5.41) is 8.56. The SMILES string of the molecule is CC1CS(=O)(=O)CCN1C(=O)c1ccc(/C=C/C(=O)O)s1. The van der Waals surface area contributed by atoms with Gasteiger partial charge in [0.25, 0.3) is 5.91 Å². The van der Waals surface area contributed by atoms with Crippen LogP contribution in [0.5, 0.6) is 0 Å². The number of carboxylic acid groups (broad SMARTS) is 1. The van der Waals surface area contributed by atoms with Gasteiger partial charge in [-0.3, -0.25) is 4.79 Å². The molecule has 1 atom stereocenters. The van der Waals surface area contributed by atoms with Crippen LogP contribution in [0.25, 0.3) is 6.08 Å². The van der Waals surface area contributed by atoms with Crippen LogP contribution in [0.3, 0.4) is 0 Å². The maximum Gasteiger partial charge on any atom is 0.328 e. The fourth-order valence-electron chi connectivity index (χ4n) is 2.15. The van der Waals surface area contributed by atoms with Gasteiger partial charge < -0.3 is 10.0 Å². The minimum absolute atomic E-state index is 0.0137. The number of hydrogen-bond donors (Lipinski definition) is 1. The summed E-state index contributed by atoms with van der Waals surface area (Å²) in [4.78, 5) is 25.5. The van der Waals surface area contributed by atoms with Crippen molar-refractivity contribution in [2.75, 3.05) is 18.1 Å². The zero-order valence-corrected chi connectivity index (χ0v) is 13.0. The van der Waals surface area contributed by atoms with E-state index in [2.05, 4.69) is 0 Å². The quantitative estimate of drug-likeness (QED) is 0.839. The van der Waals surface area contributed by atoms with E-state index in [1.807, 2.05) is 0 Å². The molecule has 0 radical (unpaired) electrons. The molecule has 1 aromatic rings. The number of carbonyl (C=O) groups excluding carboxylic acids is 1. The normalized spacial score (nSPS) is 21.6. The molecule has 8 heteroatoms. The number of sulfone groups is 1. The highest BCUT2D eigenvalue weighted by atomic mass is 32.2. The molecular formula is C13H15NO5S2. The van der Waals surface area contributed by atoms with E-state index in [0.717, 1.165) is 6.08 Å². The summed E-state index contributed by atoms with van der Waals surface area (Å²) in [6.07, 6.45) is 2.43. The van der Waals surface area contributed by atoms with Crippen LogP contribution in [0.1, 0.15) is 21.5 Å². The standard InChI is InChI=1S/C13H15NO5S2/c1-9-8-21(18,19)7-6-14(9)13(17)11-4-2-10(20-11)3-5-12(15)16/h2-5,9H,6-8H2,1H3,(H,15,16)/b5-3+. The van der Waals surface area contributed by atoms with E-state index in [9.17, 15) is 18.0 Å². The summed E-state index contributed by atoms with van der Waals surface area (Å²) < 4.78 is 23.0. The van der Waals surface area contributed by atoms with Crippen LogP contribution in [0, 0.1) is 0 Å². The number of carboxylic acids is 1. The van der Waals surface area contributed by atoms with Gasteiger partial charge in [-0.2, -0.15) is 0 Å². The van der Waals surface area contributed by atoms with Crippen molar-refractivity contribution in [1.82, 2.24) is 4.90 Å². The zero-order valence-electron chi connectivity index (χ0n) is 11.4. The first-order valence-corrected chi connectivity index (χ1v) is 8.94. The third-order valence-corrected chi connectivity index (χ3v) is 5.99. The Bertz CT molecular complexity index is 689. The number of amides is 1. The molecule has 0 saturated carbocycles. The van der Waals surface area contributed by atoms with E-state index in [4.69, 9.17) is 5.11 Å². The molecule has 0 aliphatic carbocycles. The number of rotatable bonds is 3. The summed E-state index contributed by atoms with van der Waals surface area (Å²) in [6.45, 7) is 1.91. The highest BCUT2D eigenvalue weighted by Crippen LogP contribution is 2.22. The van der Waals surface area contributed by atoms with Crippen molar-refractivity contribution in [3.8, 4) is 0 Å². The van der Waals surface area contributed by atoms with Crippen molar-refractivity contribution in [3.63, 3.8) is 0 Å². The van der Waals surface area contributed by atoms with Crippen molar-refractivity contribution >= 4 is 39.1 Å². The number of thiophene rings is 1. The van der Waals surface area contributed by atoms with E-state index >= 15 is 0 Å². The molecule has 1 saturated heterocycles. The molecule has 1 amide bonds. The maximum atomic E-state index is 12.4. The lowest BCUT2D eigenvalue weighted by Crippen LogP contribution is -2.49. The second-order valence-corrected chi connectivity index (χ2v) is 8.18. The molecule has 1 unspecified atom stereocenters. The Morgan fingerprint density at radius 3 is 2.76 bits per heavy atom. The predicted octanol–water partition coefficient (Wildman–Crippen LogP) is 1.10. The van der Waals surface area contributed by atoms with E-state index in [-0.39, 0.29) is 30.0 Å². The summed E-state index contributed by atoms with van der Waals surface area (Å²) in [5.74, 6) is -1.29.